The van der Waals surface area contributed by atoms with Crippen LogP contribution in [0.2, 0.25) is 0 Å². The molecule has 16 heavy (non-hydrogen) atoms. The van der Waals surface area contributed by atoms with Gasteiger partial charge in [-0.3, -0.25) is 9.48 Å². The van der Waals surface area contributed by atoms with Crippen LogP contribution in [0.25, 0.3) is 0 Å². The average molecular weight is 290 g/mol. The van der Waals surface area contributed by atoms with Gasteiger partial charge in [0.25, 0.3) is 0 Å². The first-order valence-corrected chi connectivity index (χ1v) is 5.73. The van der Waals surface area contributed by atoms with Crippen LogP contribution in [0.5, 0.6) is 0 Å². The molecule has 0 aliphatic rings. The Labute approximate surface area is 103 Å². The normalized spacial score (nSPS) is 11.1. The van der Waals surface area contributed by atoms with E-state index in [4.69, 9.17) is 4.74 Å². The smallest absolute Gasteiger partial charge is 0.195 e. The molecule has 5 nitrogen and oxygen atoms in total. The second-order valence-electron chi connectivity index (χ2n) is 3.72. The summed E-state index contributed by atoms with van der Waals surface area (Å²) in [5, 5.41) is 4.13. The topological polar surface area (TPSA) is 47.4 Å². The Morgan fingerprint density at radius 2 is 2.31 bits per heavy atom. The zero-order valence-corrected chi connectivity index (χ0v) is 11.3. The second-order valence-corrected chi connectivity index (χ2v) is 4.57. The molecule has 0 aliphatic carbocycles. The summed E-state index contributed by atoms with van der Waals surface area (Å²) in [5.74, 6) is 0.0467. The lowest BCUT2D eigenvalue weighted by Crippen LogP contribution is -2.25. The molecule has 0 saturated heterocycles. The number of aromatic nitrogens is 2. The van der Waals surface area contributed by atoms with Gasteiger partial charge in [0.2, 0.25) is 0 Å². The predicted octanol–water partition coefficient (Wildman–Crippen LogP) is 1.04. The Bertz CT molecular complexity index is 363. The molecule has 6 heteroatoms. The molecule has 1 heterocycles. The lowest BCUT2D eigenvalue weighted by atomic mass is 10.2. The minimum Gasteiger partial charge on any atom is -0.383 e. The maximum atomic E-state index is 11.9. The van der Waals surface area contributed by atoms with Crippen molar-refractivity contribution in [1.82, 2.24) is 14.7 Å². The van der Waals surface area contributed by atoms with E-state index in [1.165, 1.54) is 0 Å². The molecule has 0 saturated carbocycles. The van der Waals surface area contributed by atoms with Crippen molar-refractivity contribution in [2.24, 2.45) is 0 Å². The number of likely N-dealkylation sites (N-methyl/N-ethyl adjacent to an activating group) is 1. The fraction of sp³-hybridized carbons (Fsp3) is 0.600. The third kappa shape index (κ3) is 3.40. The number of nitrogens with zero attached hydrogens (tertiary/aromatic N) is 3. The number of methoxy groups -OCH3 is 1. The van der Waals surface area contributed by atoms with Gasteiger partial charge in [-0.25, -0.2) is 0 Å². The van der Waals surface area contributed by atoms with Gasteiger partial charge in [-0.1, -0.05) is 0 Å². The van der Waals surface area contributed by atoms with Crippen LogP contribution in [-0.2, 0) is 11.3 Å². The summed E-state index contributed by atoms with van der Waals surface area (Å²) in [6.45, 7) is 1.49. The van der Waals surface area contributed by atoms with Crippen LogP contribution in [0.4, 0.5) is 0 Å². The van der Waals surface area contributed by atoms with Gasteiger partial charge in [-0.2, -0.15) is 5.10 Å². The summed E-state index contributed by atoms with van der Waals surface area (Å²) < 4.78 is 7.37. The van der Waals surface area contributed by atoms with E-state index in [1.54, 1.807) is 18.0 Å². The summed E-state index contributed by atoms with van der Waals surface area (Å²) >= 11 is 3.34. The molecular weight excluding hydrogens is 274 g/mol. The third-order valence-corrected chi connectivity index (χ3v) is 2.61. The van der Waals surface area contributed by atoms with Crippen LogP contribution >= 0.6 is 15.9 Å². The van der Waals surface area contributed by atoms with Crippen LogP contribution in [0.1, 0.15) is 10.5 Å². The number of ketones is 1. The molecule has 0 amide bonds. The molecule has 1 aromatic rings. The molecule has 0 aliphatic heterocycles. The van der Waals surface area contributed by atoms with Crippen molar-refractivity contribution < 1.29 is 9.53 Å². The summed E-state index contributed by atoms with van der Waals surface area (Å²) in [6, 6.07) is 0. The SMILES string of the molecule is COCCn1ncc(Br)c1C(=O)CN(C)C. The second kappa shape index (κ2) is 6.12. The Morgan fingerprint density at radius 3 is 2.88 bits per heavy atom. The molecule has 0 fully saturated rings. The molecule has 0 spiro atoms. The summed E-state index contributed by atoms with van der Waals surface area (Å²) in [6.07, 6.45) is 1.64. The lowest BCUT2D eigenvalue weighted by Gasteiger charge is -2.10. The van der Waals surface area contributed by atoms with E-state index >= 15 is 0 Å². The molecule has 0 unspecified atom stereocenters. The highest BCUT2D eigenvalue weighted by Crippen LogP contribution is 2.16. The Balaban J connectivity index is 2.84. The van der Waals surface area contributed by atoms with Gasteiger partial charge in [0.1, 0.15) is 5.69 Å². The monoisotopic (exact) mass is 289 g/mol. The van der Waals surface area contributed by atoms with Gasteiger partial charge in [0, 0.05) is 7.11 Å². The van der Waals surface area contributed by atoms with Gasteiger partial charge in [0.05, 0.1) is 30.4 Å². The predicted molar refractivity (Wildman–Crippen MR) is 64.7 cm³/mol. The zero-order chi connectivity index (χ0) is 12.1. The van der Waals surface area contributed by atoms with Crippen LogP contribution in [-0.4, -0.2) is 54.8 Å². The summed E-state index contributed by atoms with van der Waals surface area (Å²) in [4.78, 5) is 13.8. The van der Waals surface area contributed by atoms with Crippen molar-refractivity contribution >= 4 is 21.7 Å². The third-order valence-electron chi connectivity index (χ3n) is 2.03. The van der Waals surface area contributed by atoms with E-state index in [0.29, 0.717) is 25.4 Å². The summed E-state index contributed by atoms with van der Waals surface area (Å²) in [5.41, 5.74) is 0.603. The Hall–Kier alpha value is -0.720. The standard InChI is InChI=1S/C10H16BrN3O2/c1-13(2)7-9(15)10-8(11)6-12-14(10)4-5-16-3/h6H,4-5,7H2,1-3H3. The van der Waals surface area contributed by atoms with E-state index in [1.807, 2.05) is 19.0 Å². The molecule has 0 aromatic carbocycles. The maximum Gasteiger partial charge on any atom is 0.195 e. The molecule has 0 atom stereocenters. The largest absolute Gasteiger partial charge is 0.383 e. The Morgan fingerprint density at radius 1 is 1.62 bits per heavy atom. The van der Waals surface area contributed by atoms with Crippen molar-refractivity contribution in [3.05, 3.63) is 16.4 Å². The number of halogens is 1. The quantitative estimate of drug-likeness (QED) is 0.734. The first kappa shape index (κ1) is 13.3. The maximum absolute atomic E-state index is 11.9. The number of carbonyl (C=O) groups is 1. The average Bonchev–Trinajstić information content (AvgIpc) is 2.55. The van der Waals surface area contributed by atoms with E-state index in [9.17, 15) is 4.79 Å². The minimum absolute atomic E-state index is 0.0467. The van der Waals surface area contributed by atoms with E-state index in [0.717, 1.165) is 4.47 Å². The number of carbonyl (C=O) groups excluding carboxylic acids is 1. The fourth-order valence-electron chi connectivity index (χ4n) is 1.35. The van der Waals surface area contributed by atoms with Crippen LogP contribution < -0.4 is 0 Å². The zero-order valence-electron chi connectivity index (χ0n) is 9.73. The molecule has 1 rings (SSSR count). The van der Waals surface area contributed by atoms with E-state index in [2.05, 4.69) is 21.0 Å². The molecule has 0 radical (unpaired) electrons. The van der Waals surface area contributed by atoms with Crippen molar-refractivity contribution in [2.45, 2.75) is 6.54 Å². The molecule has 1 aromatic heterocycles. The molecule has 0 N–H and O–H groups in total. The van der Waals surface area contributed by atoms with E-state index < -0.39 is 0 Å². The lowest BCUT2D eigenvalue weighted by molar-refractivity contribution is 0.0943. The Kier molecular flexibility index (Phi) is 5.11. The van der Waals surface area contributed by atoms with Gasteiger partial charge in [-0.05, 0) is 30.0 Å². The van der Waals surface area contributed by atoms with E-state index in [-0.39, 0.29) is 5.78 Å². The molecule has 90 valence electrons. The first-order chi connectivity index (χ1) is 7.56. The minimum atomic E-state index is 0.0467. The van der Waals surface area contributed by atoms with Gasteiger partial charge in [0.15, 0.2) is 5.78 Å². The number of ether oxygens (including phenoxy) is 1. The highest BCUT2D eigenvalue weighted by atomic mass is 79.9. The first-order valence-electron chi connectivity index (χ1n) is 4.94. The van der Waals surface area contributed by atoms with Gasteiger partial charge >= 0.3 is 0 Å². The highest BCUT2D eigenvalue weighted by Gasteiger charge is 2.17. The fourth-order valence-corrected chi connectivity index (χ4v) is 1.87. The van der Waals surface area contributed by atoms with Crippen molar-refractivity contribution in [2.75, 3.05) is 34.4 Å². The number of hydrogen-bond donors (Lipinski definition) is 0. The molecule has 0 bridgehead atoms. The van der Waals surface area contributed by atoms with Crippen LogP contribution in [0.15, 0.2) is 10.7 Å². The van der Waals surface area contributed by atoms with Gasteiger partial charge < -0.3 is 9.64 Å². The number of rotatable bonds is 6. The number of hydrogen-bond acceptors (Lipinski definition) is 4. The van der Waals surface area contributed by atoms with Crippen molar-refractivity contribution in [3.63, 3.8) is 0 Å². The van der Waals surface area contributed by atoms with Gasteiger partial charge in [-0.15, -0.1) is 0 Å². The highest BCUT2D eigenvalue weighted by molar-refractivity contribution is 9.10. The van der Waals surface area contributed by atoms with Crippen molar-refractivity contribution in [1.29, 1.82) is 0 Å². The summed E-state index contributed by atoms with van der Waals surface area (Å²) in [7, 11) is 5.35. The van der Waals surface area contributed by atoms with Crippen molar-refractivity contribution in [3.8, 4) is 0 Å². The molecular formula is C10H16BrN3O2. The van der Waals surface area contributed by atoms with Crippen LogP contribution in [0, 0.1) is 0 Å². The number of Topliss-reactive ketones (excluding diaryl/α,β-unsaturated/α-hetero) is 1. The van der Waals surface area contributed by atoms with Crippen LogP contribution in [0.3, 0.4) is 0 Å².